The summed E-state index contributed by atoms with van der Waals surface area (Å²) in [6.45, 7) is 6.35. The number of carbonyl (C=O) groups excluding carboxylic acids is 1. The van der Waals surface area contributed by atoms with Crippen LogP contribution in [0.1, 0.15) is 41.9 Å². The molecule has 1 amide bonds. The molecule has 6 heteroatoms. The highest BCUT2D eigenvalue weighted by atomic mass is 127. The number of ether oxygens (including phenoxy) is 1. The van der Waals surface area contributed by atoms with Crippen LogP contribution >= 0.6 is 22.6 Å². The van der Waals surface area contributed by atoms with Crippen molar-refractivity contribution in [1.82, 2.24) is 9.80 Å². The van der Waals surface area contributed by atoms with Crippen LogP contribution in [0.4, 0.5) is 4.39 Å². The molecule has 2 aliphatic heterocycles. The van der Waals surface area contributed by atoms with Crippen molar-refractivity contribution in [2.75, 3.05) is 32.7 Å². The van der Waals surface area contributed by atoms with Crippen LogP contribution in [0.5, 0.6) is 0 Å². The Kier molecular flexibility index (Phi) is 7.61. The third-order valence-electron chi connectivity index (χ3n) is 6.50. The van der Waals surface area contributed by atoms with E-state index in [0.717, 1.165) is 30.6 Å². The van der Waals surface area contributed by atoms with Crippen molar-refractivity contribution in [3.8, 4) is 0 Å². The van der Waals surface area contributed by atoms with Gasteiger partial charge in [-0.2, -0.15) is 0 Å². The van der Waals surface area contributed by atoms with Gasteiger partial charge < -0.3 is 9.64 Å². The van der Waals surface area contributed by atoms with Gasteiger partial charge in [-0.25, -0.2) is 4.39 Å². The van der Waals surface area contributed by atoms with Crippen LogP contribution in [0.15, 0.2) is 42.5 Å². The first-order valence-corrected chi connectivity index (χ1v) is 12.2. The number of halogens is 2. The Morgan fingerprint density at radius 3 is 2.68 bits per heavy atom. The predicted octanol–water partition coefficient (Wildman–Crippen LogP) is 4.74. The van der Waals surface area contributed by atoms with Crippen molar-refractivity contribution >= 4 is 28.5 Å². The van der Waals surface area contributed by atoms with Crippen molar-refractivity contribution in [1.29, 1.82) is 0 Å². The van der Waals surface area contributed by atoms with E-state index in [4.69, 9.17) is 4.74 Å². The molecule has 2 fully saturated rings. The largest absolute Gasteiger partial charge is 0.373 e. The van der Waals surface area contributed by atoms with Gasteiger partial charge in [0.2, 0.25) is 5.91 Å². The zero-order chi connectivity index (χ0) is 21.8. The Hall–Kier alpha value is -1.51. The molecule has 2 aliphatic rings. The molecule has 166 valence electrons. The van der Waals surface area contributed by atoms with Crippen molar-refractivity contribution in [3.63, 3.8) is 0 Å². The summed E-state index contributed by atoms with van der Waals surface area (Å²) in [5.74, 6) is 0.0105. The number of nitrogens with zero attached hydrogens (tertiary/aromatic N) is 2. The van der Waals surface area contributed by atoms with Gasteiger partial charge in [-0.1, -0.05) is 24.3 Å². The lowest BCUT2D eigenvalue weighted by Gasteiger charge is -2.40. The van der Waals surface area contributed by atoms with Gasteiger partial charge in [0, 0.05) is 22.6 Å². The number of hydrogen-bond acceptors (Lipinski definition) is 3. The summed E-state index contributed by atoms with van der Waals surface area (Å²) < 4.78 is 21.4. The fraction of sp³-hybridized carbons (Fsp3) is 0.480. The summed E-state index contributed by atoms with van der Waals surface area (Å²) in [4.78, 5) is 17.2. The second kappa shape index (κ2) is 10.4. The van der Waals surface area contributed by atoms with Crippen LogP contribution in [0.2, 0.25) is 0 Å². The molecule has 0 N–H and O–H groups in total. The molecule has 2 heterocycles. The van der Waals surface area contributed by atoms with Gasteiger partial charge in [0.15, 0.2) is 0 Å². The van der Waals surface area contributed by atoms with E-state index in [0.29, 0.717) is 26.2 Å². The smallest absolute Gasteiger partial charge is 0.236 e. The Morgan fingerprint density at radius 1 is 1.16 bits per heavy atom. The Bertz CT molecular complexity index is 916. The molecule has 2 atom stereocenters. The average Bonchev–Trinajstić information content (AvgIpc) is 3.26. The number of rotatable bonds is 6. The van der Waals surface area contributed by atoms with E-state index in [-0.39, 0.29) is 23.7 Å². The molecule has 0 spiro atoms. The van der Waals surface area contributed by atoms with Crippen molar-refractivity contribution in [2.24, 2.45) is 0 Å². The number of amides is 1. The minimum absolute atomic E-state index is 0.00370. The molecule has 0 aliphatic carbocycles. The molecule has 2 aromatic rings. The summed E-state index contributed by atoms with van der Waals surface area (Å²) in [6.07, 6.45) is 3.14. The number of benzene rings is 2. The molecule has 4 nitrogen and oxygen atoms in total. The minimum Gasteiger partial charge on any atom is -0.373 e. The van der Waals surface area contributed by atoms with Crippen molar-refractivity contribution in [2.45, 2.75) is 44.8 Å². The molecule has 0 radical (unpaired) electrons. The molecule has 31 heavy (non-hydrogen) atoms. The fourth-order valence-corrected chi connectivity index (χ4v) is 5.30. The van der Waals surface area contributed by atoms with Gasteiger partial charge in [0.05, 0.1) is 19.3 Å². The Labute approximate surface area is 197 Å². The lowest BCUT2D eigenvalue weighted by molar-refractivity contribution is -0.135. The first-order valence-electron chi connectivity index (χ1n) is 11.1. The summed E-state index contributed by atoms with van der Waals surface area (Å²) in [5, 5.41) is 0. The predicted molar refractivity (Wildman–Crippen MR) is 128 cm³/mol. The van der Waals surface area contributed by atoms with E-state index in [2.05, 4.69) is 39.6 Å². The molecular formula is C25H30FIN2O2. The van der Waals surface area contributed by atoms with Gasteiger partial charge in [0.1, 0.15) is 5.82 Å². The van der Waals surface area contributed by atoms with E-state index in [9.17, 15) is 9.18 Å². The summed E-state index contributed by atoms with van der Waals surface area (Å²) in [5.41, 5.74) is 3.17. The Balaban J connectivity index is 1.50. The summed E-state index contributed by atoms with van der Waals surface area (Å²) in [7, 11) is 0. The second-order valence-electron chi connectivity index (χ2n) is 8.66. The first kappa shape index (κ1) is 22.7. The lowest BCUT2D eigenvalue weighted by atomic mass is 9.85. The normalized spacial score (nSPS) is 22.1. The maximum atomic E-state index is 13.8. The maximum absolute atomic E-state index is 13.8. The number of hydrogen-bond donors (Lipinski definition) is 0. The molecule has 4 rings (SSSR count). The van der Waals surface area contributed by atoms with E-state index in [1.807, 2.05) is 30.0 Å². The van der Waals surface area contributed by atoms with Crippen LogP contribution < -0.4 is 0 Å². The van der Waals surface area contributed by atoms with Gasteiger partial charge in [-0.15, -0.1) is 0 Å². The van der Waals surface area contributed by atoms with Crippen molar-refractivity contribution in [3.05, 3.63) is 68.5 Å². The van der Waals surface area contributed by atoms with Crippen LogP contribution in [-0.2, 0) is 16.1 Å². The molecule has 2 unspecified atom stereocenters. The maximum Gasteiger partial charge on any atom is 0.236 e. The van der Waals surface area contributed by atoms with Crippen LogP contribution in [0.25, 0.3) is 0 Å². The van der Waals surface area contributed by atoms with Gasteiger partial charge in [0.25, 0.3) is 0 Å². The zero-order valence-electron chi connectivity index (χ0n) is 18.0. The molecule has 2 saturated heterocycles. The quantitative estimate of drug-likeness (QED) is 0.501. The number of likely N-dealkylation sites (tertiary alicyclic amines) is 2. The number of carbonyl (C=O) groups is 1. The third kappa shape index (κ3) is 5.65. The van der Waals surface area contributed by atoms with Gasteiger partial charge in [-0.05, 0) is 96.8 Å². The van der Waals surface area contributed by atoms with Crippen LogP contribution in [-0.4, -0.2) is 54.5 Å². The average molecular weight is 536 g/mol. The molecule has 0 saturated carbocycles. The molecule has 0 aromatic heterocycles. The monoisotopic (exact) mass is 536 g/mol. The first-order chi connectivity index (χ1) is 15.0. The van der Waals surface area contributed by atoms with E-state index < -0.39 is 0 Å². The van der Waals surface area contributed by atoms with E-state index in [1.165, 1.54) is 28.0 Å². The van der Waals surface area contributed by atoms with Gasteiger partial charge >= 0.3 is 0 Å². The lowest BCUT2D eigenvalue weighted by Crippen LogP contribution is -2.48. The van der Waals surface area contributed by atoms with Crippen LogP contribution in [0.3, 0.4) is 0 Å². The summed E-state index contributed by atoms with van der Waals surface area (Å²) >= 11 is 2.34. The third-order valence-corrected chi connectivity index (χ3v) is 7.55. The van der Waals surface area contributed by atoms with E-state index in [1.54, 1.807) is 6.07 Å². The minimum atomic E-state index is -0.227. The number of aryl methyl sites for hydroxylation is 1. The molecule has 2 aromatic carbocycles. The molecule has 0 bridgehead atoms. The van der Waals surface area contributed by atoms with Gasteiger partial charge in [-0.3, -0.25) is 9.69 Å². The zero-order valence-corrected chi connectivity index (χ0v) is 20.2. The van der Waals surface area contributed by atoms with Crippen molar-refractivity contribution < 1.29 is 13.9 Å². The standard InChI is InChI=1S/C25H30FIN2O2/c1-18-14-20(26)8-9-21(18)22-15-29(25(30)16-28-11-4-5-12-28)13-10-24(22)31-17-19-6-2-3-7-23(19)27/h2-3,6-9,14,22,24H,4-5,10-13,15-17H2,1H3. The topological polar surface area (TPSA) is 32.8 Å². The van der Waals surface area contributed by atoms with Crippen LogP contribution in [0, 0.1) is 16.3 Å². The SMILES string of the molecule is Cc1cc(F)ccc1C1CN(C(=O)CN2CCCC2)CCC1OCc1ccccc1I. The highest BCUT2D eigenvalue weighted by Gasteiger charge is 2.34. The Morgan fingerprint density at radius 2 is 1.94 bits per heavy atom. The highest BCUT2D eigenvalue weighted by molar-refractivity contribution is 14.1. The van der Waals surface area contributed by atoms with E-state index >= 15 is 0 Å². The fourth-order valence-electron chi connectivity index (χ4n) is 4.75. The highest BCUT2D eigenvalue weighted by Crippen LogP contribution is 2.33. The second-order valence-corrected chi connectivity index (χ2v) is 9.82. The molecular weight excluding hydrogens is 506 g/mol. The number of piperidine rings is 1. The summed E-state index contributed by atoms with van der Waals surface area (Å²) in [6, 6.07) is 13.2.